The molecule has 0 amide bonds. The molecule has 0 aromatic carbocycles. The lowest BCUT2D eigenvalue weighted by molar-refractivity contribution is 0.280. The maximum absolute atomic E-state index is 11.3. The van der Waals surface area contributed by atoms with Gasteiger partial charge in [-0.2, -0.15) is 0 Å². The Labute approximate surface area is 102 Å². The molecule has 4 heteroatoms. The number of pyridine rings is 1. The van der Waals surface area contributed by atoms with Crippen molar-refractivity contribution in [2.75, 3.05) is 13.2 Å². The van der Waals surface area contributed by atoms with Crippen LogP contribution in [0.5, 0.6) is 5.75 Å². The van der Waals surface area contributed by atoms with Crippen LogP contribution in [0, 0.1) is 0 Å². The molecular weight excluding hydrogens is 218 g/mol. The molecule has 0 saturated heterocycles. The van der Waals surface area contributed by atoms with Crippen LogP contribution in [-0.2, 0) is 0 Å². The van der Waals surface area contributed by atoms with Crippen LogP contribution in [0.3, 0.4) is 0 Å². The van der Waals surface area contributed by atoms with Gasteiger partial charge in [-0.15, -0.1) is 0 Å². The van der Waals surface area contributed by atoms with Crippen molar-refractivity contribution in [3.63, 3.8) is 0 Å². The molecule has 0 aliphatic rings. The lowest BCUT2D eigenvalue weighted by Crippen LogP contribution is -2.10. The number of nitrogens with one attached hydrogen (secondary N) is 1. The van der Waals surface area contributed by atoms with E-state index < -0.39 is 0 Å². The average molecular weight is 239 g/mol. The van der Waals surface area contributed by atoms with Crippen molar-refractivity contribution < 1.29 is 9.84 Å². The Bertz CT molecular complexity index is 349. The lowest BCUT2D eigenvalue weighted by atomic mass is 10.1. The van der Waals surface area contributed by atoms with Gasteiger partial charge in [0, 0.05) is 12.8 Å². The zero-order valence-corrected chi connectivity index (χ0v) is 10.2. The first-order valence-corrected chi connectivity index (χ1v) is 6.26. The van der Waals surface area contributed by atoms with E-state index in [4.69, 9.17) is 9.84 Å². The minimum Gasteiger partial charge on any atom is -0.488 e. The second kappa shape index (κ2) is 8.82. The summed E-state index contributed by atoms with van der Waals surface area (Å²) < 4.78 is 5.38. The molecule has 0 radical (unpaired) electrons. The van der Waals surface area contributed by atoms with Crippen LogP contribution in [0.2, 0.25) is 0 Å². The van der Waals surface area contributed by atoms with Gasteiger partial charge in [0.05, 0.1) is 6.61 Å². The van der Waals surface area contributed by atoms with E-state index in [1.165, 1.54) is 0 Å². The fourth-order valence-corrected chi connectivity index (χ4v) is 1.62. The first-order valence-electron chi connectivity index (χ1n) is 6.26. The van der Waals surface area contributed by atoms with Crippen molar-refractivity contribution in [1.82, 2.24) is 4.98 Å². The molecule has 0 bridgehead atoms. The van der Waals surface area contributed by atoms with Crippen molar-refractivity contribution in [3.05, 3.63) is 28.7 Å². The summed E-state index contributed by atoms with van der Waals surface area (Å²) in [4.78, 5) is 13.8. The molecule has 17 heavy (non-hydrogen) atoms. The zero-order valence-electron chi connectivity index (χ0n) is 10.2. The number of aliphatic hydroxyl groups is 1. The molecular formula is C13H21NO3. The Morgan fingerprint density at radius 1 is 1.12 bits per heavy atom. The predicted octanol–water partition coefficient (Wildman–Crippen LogP) is 2.09. The van der Waals surface area contributed by atoms with Crippen LogP contribution in [-0.4, -0.2) is 23.3 Å². The van der Waals surface area contributed by atoms with E-state index in [-0.39, 0.29) is 5.56 Å². The summed E-state index contributed by atoms with van der Waals surface area (Å²) in [5.41, 5.74) is -0.171. The number of hydrogen-bond donors (Lipinski definition) is 2. The smallest absolute Gasteiger partial charge is 0.290 e. The summed E-state index contributed by atoms with van der Waals surface area (Å²) in [6.07, 6.45) is 7.98. The van der Waals surface area contributed by atoms with Gasteiger partial charge >= 0.3 is 0 Å². The zero-order chi connectivity index (χ0) is 12.3. The van der Waals surface area contributed by atoms with Crippen molar-refractivity contribution in [1.29, 1.82) is 0 Å². The van der Waals surface area contributed by atoms with Gasteiger partial charge in [-0.05, 0) is 25.0 Å². The van der Waals surface area contributed by atoms with Gasteiger partial charge in [0.25, 0.3) is 5.56 Å². The first kappa shape index (κ1) is 13.8. The Morgan fingerprint density at radius 2 is 1.82 bits per heavy atom. The highest BCUT2D eigenvalue weighted by atomic mass is 16.5. The Morgan fingerprint density at radius 3 is 2.53 bits per heavy atom. The highest BCUT2D eigenvalue weighted by Gasteiger charge is 1.98. The highest BCUT2D eigenvalue weighted by Crippen LogP contribution is 2.06. The minimum absolute atomic E-state index is 0.171. The predicted molar refractivity (Wildman–Crippen MR) is 67.3 cm³/mol. The average Bonchev–Trinajstić information content (AvgIpc) is 2.35. The molecule has 1 heterocycles. The van der Waals surface area contributed by atoms with Gasteiger partial charge in [-0.3, -0.25) is 4.79 Å². The summed E-state index contributed by atoms with van der Waals surface area (Å²) in [5.74, 6) is 0.396. The van der Waals surface area contributed by atoms with Crippen LogP contribution < -0.4 is 10.3 Å². The van der Waals surface area contributed by atoms with Gasteiger partial charge in [0.15, 0.2) is 5.75 Å². The molecule has 0 fully saturated rings. The number of aromatic nitrogens is 1. The fourth-order valence-electron chi connectivity index (χ4n) is 1.62. The molecule has 0 unspecified atom stereocenters. The number of aromatic amines is 1. The monoisotopic (exact) mass is 239 g/mol. The molecule has 0 aliphatic carbocycles. The summed E-state index contributed by atoms with van der Waals surface area (Å²) in [6.45, 7) is 0.882. The third-order valence-corrected chi connectivity index (χ3v) is 2.59. The number of rotatable bonds is 9. The van der Waals surface area contributed by atoms with E-state index in [0.717, 1.165) is 38.5 Å². The van der Waals surface area contributed by atoms with Crippen LogP contribution in [0.15, 0.2) is 23.1 Å². The highest BCUT2D eigenvalue weighted by molar-refractivity contribution is 5.15. The number of aliphatic hydroxyl groups excluding tert-OH is 1. The summed E-state index contributed by atoms with van der Waals surface area (Å²) in [7, 11) is 0. The van der Waals surface area contributed by atoms with Crippen molar-refractivity contribution in [3.8, 4) is 5.75 Å². The van der Waals surface area contributed by atoms with E-state index in [2.05, 4.69) is 4.98 Å². The molecule has 2 N–H and O–H groups in total. The third kappa shape index (κ3) is 6.12. The maximum Gasteiger partial charge on any atom is 0.290 e. The standard InChI is InChI=1S/C13H21NO3/c15-10-5-3-1-2-4-6-11-17-12-8-7-9-14-13(12)16/h7-9,15H,1-6,10-11H2,(H,14,16). The van der Waals surface area contributed by atoms with Crippen molar-refractivity contribution >= 4 is 0 Å². The quantitative estimate of drug-likeness (QED) is 0.649. The van der Waals surface area contributed by atoms with Gasteiger partial charge < -0.3 is 14.8 Å². The van der Waals surface area contributed by atoms with Crippen LogP contribution >= 0.6 is 0 Å². The van der Waals surface area contributed by atoms with Gasteiger partial charge in [-0.1, -0.05) is 25.7 Å². The molecule has 96 valence electrons. The largest absolute Gasteiger partial charge is 0.488 e. The fraction of sp³-hybridized carbons (Fsp3) is 0.615. The lowest BCUT2D eigenvalue weighted by Gasteiger charge is -2.04. The molecule has 0 atom stereocenters. The maximum atomic E-state index is 11.3. The Kier molecular flexibility index (Phi) is 7.14. The number of ether oxygens (including phenoxy) is 1. The van der Waals surface area contributed by atoms with E-state index in [1.807, 2.05) is 0 Å². The molecule has 0 aliphatic heterocycles. The minimum atomic E-state index is -0.171. The van der Waals surface area contributed by atoms with Crippen molar-refractivity contribution in [2.45, 2.75) is 38.5 Å². The second-order valence-corrected chi connectivity index (χ2v) is 4.06. The summed E-state index contributed by atoms with van der Waals surface area (Å²) in [6, 6.07) is 3.44. The molecule has 1 aromatic rings. The number of H-pyrrole nitrogens is 1. The number of unbranched alkanes of at least 4 members (excludes halogenated alkanes) is 5. The normalized spacial score (nSPS) is 10.4. The third-order valence-electron chi connectivity index (χ3n) is 2.59. The topological polar surface area (TPSA) is 62.3 Å². The van der Waals surface area contributed by atoms with Crippen LogP contribution in [0.4, 0.5) is 0 Å². The van der Waals surface area contributed by atoms with E-state index >= 15 is 0 Å². The molecule has 0 saturated carbocycles. The SMILES string of the molecule is O=c1[nH]cccc1OCCCCCCCCO. The summed E-state index contributed by atoms with van der Waals surface area (Å²) in [5, 5.41) is 8.61. The van der Waals surface area contributed by atoms with Crippen molar-refractivity contribution in [2.24, 2.45) is 0 Å². The van der Waals surface area contributed by atoms with E-state index in [9.17, 15) is 4.79 Å². The Hall–Kier alpha value is -1.29. The van der Waals surface area contributed by atoms with Gasteiger partial charge in [-0.25, -0.2) is 0 Å². The molecule has 0 spiro atoms. The van der Waals surface area contributed by atoms with Crippen LogP contribution in [0.1, 0.15) is 38.5 Å². The second-order valence-electron chi connectivity index (χ2n) is 4.06. The number of hydrogen-bond acceptors (Lipinski definition) is 3. The van der Waals surface area contributed by atoms with Gasteiger partial charge in [0.1, 0.15) is 0 Å². The summed E-state index contributed by atoms with van der Waals surface area (Å²) >= 11 is 0. The Balaban J connectivity index is 2.01. The van der Waals surface area contributed by atoms with Crippen LogP contribution in [0.25, 0.3) is 0 Å². The van der Waals surface area contributed by atoms with E-state index in [1.54, 1.807) is 18.3 Å². The molecule has 4 nitrogen and oxygen atoms in total. The van der Waals surface area contributed by atoms with Gasteiger partial charge in [0.2, 0.25) is 0 Å². The molecule has 1 rings (SSSR count). The molecule has 1 aromatic heterocycles. The first-order chi connectivity index (χ1) is 8.34. The van der Waals surface area contributed by atoms with E-state index in [0.29, 0.717) is 19.0 Å².